The number of hydrogen-bond donors (Lipinski definition) is 1. The molecule has 0 aliphatic heterocycles. The Bertz CT molecular complexity index is 453. The molecule has 0 amide bonds. The van der Waals surface area contributed by atoms with Crippen LogP contribution in [0.15, 0.2) is 51.1 Å². The summed E-state index contributed by atoms with van der Waals surface area (Å²) in [5, 5.41) is 2.12. The Morgan fingerprint density at radius 3 is 2.67 bits per heavy atom. The summed E-state index contributed by atoms with van der Waals surface area (Å²) in [6.45, 7) is 0. The van der Waals surface area contributed by atoms with Crippen LogP contribution in [0.5, 0.6) is 0 Å². The van der Waals surface area contributed by atoms with E-state index in [0.717, 1.165) is 23.1 Å². The summed E-state index contributed by atoms with van der Waals surface area (Å²) in [5.74, 6) is 0.979. The molecule has 1 nitrogen and oxygen atoms in total. The first-order chi connectivity index (χ1) is 8.74. The van der Waals surface area contributed by atoms with E-state index in [1.54, 1.807) is 0 Å². The van der Waals surface area contributed by atoms with Crippen molar-refractivity contribution in [3.63, 3.8) is 0 Å². The third kappa shape index (κ3) is 4.76. The van der Waals surface area contributed by atoms with Gasteiger partial charge in [0.05, 0.1) is 0 Å². The largest absolute Gasteiger partial charge is 0.327 e. The van der Waals surface area contributed by atoms with Crippen LogP contribution in [0.3, 0.4) is 0 Å². The Morgan fingerprint density at radius 1 is 1.22 bits per heavy atom. The Hall–Kier alpha value is -0.290. The van der Waals surface area contributed by atoms with E-state index >= 15 is 0 Å². The van der Waals surface area contributed by atoms with E-state index in [-0.39, 0.29) is 6.04 Å². The Kier molecular flexibility index (Phi) is 5.76. The fourth-order valence-electron chi connectivity index (χ4n) is 1.60. The maximum atomic E-state index is 6.14. The van der Waals surface area contributed by atoms with Gasteiger partial charge in [0.15, 0.2) is 0 Å². The SMILES string of the molecule is NC(CCc1cccs1)CSc1ccc(Br)cc1. The maximum Gasteiger partial charge on any atom is 0.0176 e. The second-order valence-electron chi connectivity index (χ2n) is 4.14. The first-order valence-corrected chi connectivity index (χ1v) is 8.56. The number of benzene rings is 1. The van der Waals surface area contributed by atoms with E-state index in [4.69, 9.17) is 5.73 Å². The molecule has 1 heterocycles. The molecule has 18 heavy (non-hydrogen) atoms. The average Bonchev–Trinajstić information content (AvgIpc) is 2.89. The third-order valence-electron chi connectivity index (χ3n) is 2.62. The molecule has 0 saturated carbocycles. The second-order valence-corrected chi connectivity index (χ2v) is 7.18. The molecule has 4 heteroatoms. The van der Waals surface area contributed by atoms with Gasteiger partial charge in [-0.05, 0) is 48.6 Å². The van der Waals surface area contributed by atoms with Gasteiger partial charge in [0.25, 0.3) is 0 Å². The van der Waals surface area contributed by atoms with Gasteiger partial charge in [-0.2, -0.15) is 0 Å². The van der Waals surface area contributed by atoms with Gasteiger partial charge >= 0.3 is 0 Å². The zero-order valence-electron chi connectivity index (χ0n) is 10.0. The van der Waals surface area contributed by atoms with Gasteiger partial charge < -0.3 is 5.73 Å². The number of thioether (sulfide) groups is 1. The van der Waals surface area contributed by atoms with Crippen molar-refractivity contribution < 1.29 is 0 Å². The molecule has 0 saturated heterocycles. The van der Waals surface area contributed by atoms with Gasteiger partial charge in [0, 0.05) is 26.0 Å². The Balaban J connectivity index is 1.71. The number of halogens is 1. The van der Waals surface area contributed by atoms with Gasteiger partial charge in [-0.1, -0.05) is 22.0 Å². The molecular weight excluding hydrogens is 326 g/mol. The van der Waals surface area contributed by atoms with Crippen LogP contribution in [0.25, 0.3) is 0 Å². The smallest absolute Gasteiger partial charge is 0.0176 e. The molecular formula is C14H16BrNS2. The zero-order valence-corrected chi connectivity index (χ0v) is 13.2. The fraction of sp³-hybridized carbons (Fsp3) is 0.286. The number of aryl methyl sites for hydroxylation is 1. The molecule has 0 aliphatic carbocycles. The molecule has 0 radical (unpaired) electrons. The molecule has 0 spiro atoms. The molecule has 2 N–H and O–H groups in total. The molecule has 2 aromatic rings. The molecule has 1 aromatic heterocycles. The lowest BCUT2D eigenvalue weighted by atomic mass is 10.2. The van der Waals surface area contributed by atoms with Gasteiger partial charge in [-0.3, -0.25) is 0 Å². The molecule has 2 rings (SSSR count). The molecule has 96 valence electrons. The molecule has 0 fully saturated rings. The van der Waals surface area contributed by atoms with Crippen LogP contribution in [0, 0.1) is 0 Å². The predicted molar refractivity (Wildman–Crippen MR) is 85.5 cm³/mol. The highest BCUT2D eigenvalue weighted by Crippen LogP contribution is 2.22. The number of rotatable bonds is 6. The van der Waals surface area contributed by atoms with Gasteiger partial charge in [0.1, 0.15) is 0 Å². The zero-order chi connectivity index (χ0) is 12.8. The quantitative estimate of drug-likeness (QED) is 0.779. The number of hydrogen-bond acceptors (Lipinski definition) is 3. The molecule has 1 aromatic carbocycles. The van der Waals surface area contributed by atoms with E-state index in [0.29, 0.717) is 0 Å². The second kappa shape index (κ2) is 7.34. The summed E-state index contributed by atoms with van der Waals surface area (Å²) in [4.78, 5) is 2.71. The van der Waals surface area contributed by atoms with Crippen molar-refractivity contribution in [2.24, 2.45) is 5.73 Å². The van der Waals surface area contributed by atoms with Crippen LogP contribution in [0.4, 0.5) is 0 Å². The Labute approximate surface area is 125 Å². The van der Waals surface area contributed by atoms with Crippen LogP contribution < -0.4 is 5.73 Å². The highest BCUT2D eigenvalue weighted by Gasteiger charge is 2.05. The number of thiophene rings is 1. The van der Waals surface area contributed by atoms with E-state index in [2.05, 4.69) is 57.7 Å². The van der Waals surface area contributed by atoms with E-state index < -0.39 is 0 Å². The van der Waals surface area contributed by atoms with Crippen molar-refractivity contribution in [3.05, 3.63) is 51.1 Å². The maximum absolute atomic E-state index is 6.14. The van der Waals surface area contributed by atoms with Crippen molar-refractivity contribution in [1.29, 1.82) is 0 Å². The summed E-state index contributed by atoms with van der Waals surface area (Å²) in [6, 6.07) is 12.9. The standard InChI is InChI=1S/C14H16BrNS2/c15-11-3-6-14(7-4-11)18-10-12(16)5-8-13-2-1-9-17-13/h1-4,6-7,9,12H,5,8,10,16H2. The Morgan fingerprint density at radius 2 is 2.00 bits per heavy atom. The molecule has 0 aliphatic rings. The lowest BCUT2D eigenvalue weighted by Gasteiger charge is -2.10. The van der Waals surface area contributed by atoms with Crippen molar-refractivity contribution >= 4 is 39.0 Å². The van der Waals surface area contributed by atoms with Crippen LogP contribution in [-0.2, 0) is 6.42 Å². The minimum Gasteiger partial charge on any atom is -0.327 e. The van der Waals surface area contributed by atoms with Crippen LogP contribution in [-0.4, -0.2) is 11.8 Å². The summed E-state index contributed by atoms with van der Waals surface area (Å²) >= 11 is 7.08. The normalized spacial score (nSPS) is 12.6. The predicted octanol–water partition coefficient (Wildman–Crippen LogP) is 4.56. The monoisotopic (exact) mass is 341 g/mol. The van der Waals surface area contributed by atoms with Crippen molar-refractivity contribution in [2.45, 2.75) is 23.8 Å². The first-order valence-electron chi connectivity index (χ1n) is 5.90. The summed E-state index contributed by atoms with van der Waals surface area (Å²) in [7, 11) is 0. The third-order valence-corrected chi connectivity index (χ3v) is 5.28. The van der Waals surface area contributed by atoms with Crippen LogP contribution in [0.2, 0.25) is 0 Å². The van der Waals surface area contributed by atoms with Gasteiger partial charge in [-0.25, -0.2) is 0 Å². The topological polar surface area (TPSA) is 26.0 Å². The van der Waals surface area contributed by atoms with E-state index in [1.165, 1.54) is 9.77 Å². The van der Waals surface area contributed by atoms with E-state index in [1.807, 2.05) is 23.1 Å². The number of nitrogens with two attached hydrogens (primary N) is 1. The summed E-state index contributed by atoms with van der Waals surface area (Å²) in [6.07, 6.45) is 2.16. The molecule has 0 bridgehead atoms. The van der Waals surface area contributed by atoms with Crippen molar-refractivity contribution in [1.82, 2.24) is 0 Å². The minimum absolute atomic E-state index is 0.265. The van der Waals surface area contributed by atoms with E-state index in [9.17, 15) is 0 Å². The van der Waals surface area contributed by atoms with Crippen LogP contribution >= 0.6 is 39.0 Å². The lowest BCUT2D eigenvalue weighted by molar-refractivity contribution is 0.679. The van der Waals surface area contributed by atoms with Crippen LogP contribution in [0.1, 0.15) is 11.3 Å². The average molecular weight is 342 g/mol. The highest BCUT2D eigenvalue weighted by molar-refractivity contribution is 9.10. The molecule has 1 unspecified atom stereocenters. The minimum atomic E-state index is 0.265. The summed E-state index contributed by atoms with van der Waals surface area (Å²) < 4.78 is 1.12. The highest BCUT2D eigenvalue weighted by atomic mass is 79.9. The summed E-state index contributed by atoms with van der Waals surface area (Å²) in [5.41, 5.74) is 6.14. The van der Waals surface area contributed by atoms with Gasteiger partial charge in [-0.15, -0.1) is 23.1 Å². The van der Waals surface area contributed by atoms with Crippen molar-refractivity contribution in [3.8, 4) is 0 Å². The fourth-order valence-corrected chi connectivity index (χ4v) is 3.49. The van der Waals surface area contributed by atoms with Crippen molar-refractivity contribution in [2.75, 3.05) is 5.75 Å². The lowest BCUT2D eigenvalue weighted by Crippen LogP contribution is -2.23. The molecule has 1 atom stereocenters. The van der Waals surface area contributed by atoms with Gasteiger partial charge in [0.2, 0.25) is 0 Å². The first kappa shape index (κ1) is 14.1.